The van der Waals surface area contributed by atoms with Gasteiger partial charge in [0, 0.05) is 51.9 Å². The highest BCUT2D eigenvalue weighted by Crippen LogP contribution is 2.20. The third-order valence-corrected chi connectivity index (χ3v) is 5.39. The van der Waals surface area contributed by atoms with Crippen molar-refractivity contribution >= 4 is 0 Å². The first-order chi connectivity index (χ1) is 11.7. The van der Waals surface area contributed by atoms with Crippen LogP contribution in [0.1, 0.15) is 51.4 Å². The van der Waals surface area contributed by atoms with Crippen LogP contribution in [0.25, 0.3) is 0 Å². The second-order valence-corrected chi connectivity index (χ2v) is 7.16. The Hall–Kier alpha value is -0.240. The molecule has 2 aliphatic heterocycles. The van der Waals surface area contributed by atoms with Gasteiger partial charge in [0.05, 0.1) is 6.10 Å². The van der Waals surface area contributed by atoms with Crippen LogP contribution in [0.3, 0.4) is 0 Å². The predicted octanol–water partition coefficient (Wildman–Crippen LogP) is 0.795. The molecule has 2 saturated heterocycles. The highest BCUT2D eigenvalue weighted by atomic mass is 16.5. The minimum atomic E-state index is -0.182. The van der Waals surface area contributed by atoms with Crippen molar-refractivity contribution in [2.24, 2.45) is 0 Å². The highest BCUT2D eigenvalue weighted by Gasteiger charge is 2.25. The fourth-order valence-corrected chi connectivity index (χ4v) is 3.97. The van der Waals surface area contributed by atoms with E-state index in [9.17, 15) is 15.3 Å². The molecule has 6 nitrogen and oxygen atoms in total. The molecule has 2 fully saturated rings. The van der Waals surface area contributed by atoms with E-state index in [1.54, 1.807) is 0 Å². The Morgan fingerprint density at radius 2 is 1.79 bits per heavy atom. The monoisotopic (exact) mass is 344 g/mol. The van der Waals surface area contributed by atoms with Gasteiger partial charge in [-0.25, -0.2) is 0 Å². The van der Waals surface area contributed by atoms with E-state index in [4.69, 9.17) is 4.74 Å². The lowest BCUT2D eigenvalue weighted by Crippen LogP contribution is -2.45. The predicted molar refractivity (Wildman–Crippen MR) is 93.8 cm³/mol. The van der Waals surface area contributed by atoms with Gasteiger partial charge >= 0.3 is 0 Å². The summed E-state index contributed by atoms with van der Waals surface area (Å²) < 4.78 is 6.05. The zero-order valence-corrected chi connectivity index (χ0v) is 15.0. The van der Waals surface area contributed by atoms with Gasteiger partial charge in [0.2, 0.25) is 0 Å². The average molecular weight is 344 g/mol. The molecule has 0 aromatic rings. The van der Waals surface area contributed by atoms with Crippen LogP contribution in [-0.4, -0.2) is 89.5 Å². The van der Waals surface area contributed by atoms with Gasteiger partial charge in [-0.05, 0) is 45.1 Å². The fraction of sp³-hybridized carbons (Fsp3) is 1.00. The van der Waals surface area contributed by atoms with Crippen LogP contribution in [0.2, 0.25) is 0 Å². The molecule has 0 aromatic heterocycles. The van der Waals surface area contributed by atoms with Gasteiger partial charge in [-0.1, -0.05) is 6.42 Å². The summed E-state index contributed by atoms with van der Waals surface area (Å²) in [4.78, 5) is 4.75. The molecule has 0 aliphatic carbocycles. The van der Waals surface area contributed by atoms with E-state index in [-0.39, 0.29) is 25.5 Å². The second kappa shape index (κ2) is 11.4. The van der Waals surface area contributed by atoms with Crippen molar-refractivity contribution in [1.82, 2.24) is 9.80 Å². The molecule has 0 saturated carbocycles. The fourth-order valence-electron chi connectivity index (χ4n) is 3.97. The molecule has 2 unspecified atom stereocenters. The topological polar surface area (TPSA) is 76.4 Å². The van der Waals surface area contributed by atoms with E-state index in [0.29, 0.717) is 19.1 Å². The van der Waals surface area contributed by atoms with Gasteiger partial charge in [-0.15, -0.1) is 0 Å². The number of hydrogen-bond donors (Lipinski definition) is 3. The second-order valence-electron chi connectivity index (χ2n) is 7.16. The highest BCUT2D eigenvalue weighted by molar-refractivity contribution is 4.77. The Morgan fingerprint density at radius 1 is 1.00 bits per heavy atom. The Morgan fingerprint density at radius 3 is 2.50 bits per heavy atom. The summed E-state index contributed by atoms with van der Waals surface area (Å²) in [6.45, 7) is 4.95. The quantitative estimate of drug-likeness (QED) is 0.509. The van der Waals surface area contributed by atoms with Crippen molar-refractivity contribution in [1.29, 1.82) is 0 Å². The summed E-state index contributed by atoms with van der Waals surface area (Å²) in [5.74, 6) is 0. The lowest BCUT2D eigenvalue weighted by Gasteiger charge is -2.37. The maximum atomic E-state index is 9.63. The third kappa shape index (κ3) is 6.58. The van der Waals surface area contributed by atoms with Crippen molar-refractivity contribution < 1.29 is 20.1 Å². The van der Waals surface area contributed by atoms with Crippen molar-refractivity contribution in [2.75, 3.05) is 46.0 Å². The van der Waals surface area contributed by atoms with Crippen molar-refractivity contribution in [3.63, 3.8) is 0 Å². The van der Waals surface area contributed by atoms with Crippen LogP contribution in [-0.2, 0) is 4.74 Å². The zero-order valence-electron chi connectivity index (χ0n) is 15.0. The van der Waals surface area contributed by atoms with Crippen LogP contribution < -0.4 is 0 Å². The first kappa shape index (κ1) is 20.1. The molecule has 2 aliphatic rings. The Labute approximate surface area is 146 Å². The first-order valence-electron chi connectivity index (χ1n) is 9.74. The summed E-state index contributed by atoms with van der Waals surface area (Å²) in [5, 5.41) is 28.1. The molecule has 3 N–H and O–H groups in total. The molecule has 0 bridgehead atoms. The van der Waals surface area contributed by atoms with Gasteiger partial charge in [-0.2, -0.15) is 0 Å². The molecule has 2 atom stereocenters. The average Bonchev–Trinajstić information content (AvgIpc) is 2.60. The third-order valence-electron chi connectivity index (χ3n) is 5.39. The normalized spacial score (nSPS) is 25.9. The molecule has 2 heterocycles. The molecule has 0 spiro atoms. The Kier molecular flexibility index (Phi) is 9.53. The van der Waals surface area contributed by atoms with Crippen LogP contribution in [0, 0.1) is 0 Å². The molecule has 0 aromatic carbocycles. The van der Waals surface area contributed by atoms with Gasteiger partial charge in [0.25, 0.3) is 0 Å². The lowest BCUT2D eigenvalue weighted by molar-refractivity contribution is -0.0907. The van der Waals surface area contributed by atoms with E-state index in [1.165, 1.54) is 19.3 Å². The van der Waals surface area contributed by atoms with Crippen LogP contribution in [0.5, 0.6) is 0 Å². The van der Waals surface area contributed by atoms with Crippen LogP contribution in [0.4, 0.5) is 0 Å². The zero-order chi connectivity index (χ0) is 17.2. The van der Waals surface area contributed by atoms with E-state index in [2.05, 4.69) is 9.80 Å². The maximum absolute atomic E-state index is 9.63. The lowest BCUT2D eigenvalue weighted by atomic mass is 9.99. The number of likely N-dealkylation sites (tertiary alicyclic amines) is 2. The van der Waals surface area contributed by atoms with E-state index in [0.717, 1.165) is 51.9 Å². The van der Waals surface area contributed by atoms with E-state index < -0.39 is 0 Å². The van der Waals surface area contributed by atoms with E-state index in [1.807, 2.05) is 0 Å². The van der Waals surface area contributed by atoms with Crippen LogP contribution >= 0.6 is 0 Å². The molecule has 0 radical (unpaired) electrons. The van der Waals surface area contributed by atoms with Gasteiger partial charge < -0.3 is 25.0 Å². The molecule has 2 rings (SSSR count). The minimum Gasteiger partial charge on any atom is -0.396 e. The summed E-state index contributed by atoms with van der Waals surface area (Å²) in [6.07, 6.45) is 7.60. The summed E-state index contributed by atoms with van der Waals surface area (Å²) >= 11 is 0. The number of rotatable bonds is 10. The molecule has 142 valence electrons. The Balaban J connectivity index is 1.68. The molecule has 24 heavy (non-hydrogen) atoms. The smallest absolute Gasteiger partial charge is 0.112 e. The van der Waals surface area contributed by atoms with Crippen molar-refractivity contribution in [3.05, 3.63) is 0 Å². The van der Waals surface area contributed by atoms with Crippen molar-refractivity contribution in [2.45, 2.75) is 69.7 Å². The van der Waals surface area contributed by atoms with Gasteiger partial charge in [-0.3, -0.25) is 4.90 Å². The summed E-state index contributed by atoms with van der Waals surface area (Å²) in [7, 11) is 0. The summed E-state index contributed by atoms with van der Waals surface area (Å²) in [5.41, 5.74) is 0. The maximum Gasteiger partial charge on any atom is 0.112 e. The minimum absolute atomic E-state index is 0.0305. The molecule has 6 heteroatoms. The number of piperidine rings is 2. The van der Waals surface area contributed by atoms with Crippen LogP contribution in [0.15, 0.2) is 0 Å². The molecular weight excluding hydrogens is 308 g/mol. The number of aliphatic hydroxyl groups is 3. The first-order valence-corrected chi connectivity index (χ1v) is 9.74. The number of hydrogen-bond acceptors (Lipinski definition) is 6. The largest absolute Gasteiger partial charge is 0.396 e. The molecule has 0 amide bonds. The van der Waals surface area contributed by atoms with Crippen molar-refractivity contribution in [3.8, 4) is 0 Å². The Bertz CT molecular complexity index is 322. The molecular formula is C18H36N2O4. The number of ether oxygens (including phenoxy) is 1. The standard InChI is InChI=1S/C18H36N2O4/c21-13-7-16-4-1-2-9-19(16)10-3-15-24-18(8-14-22)20-11-5-17(23)6-12-20/h16-18,21-23H,1-15H2. The SMILES string of the molecule is OCCC1CCCCN1CCCOC(CCO)N1CCC(O)CC1. The van der Waals surface area contributed by atoms with E-state index >= 15 is 0 Å². The van der Waals surface area contributed by atoms with Gasteiger partial charge in [0.1, 0.15) is 6.23 Å². The number of nitrogens with zero attached hydrogens (tertiary/aromatic N) is 2. The summed E-state index contributed by atoms with van der Waals surface area (Å²) in [6, 6.07) is 0.528. The van der Waals surface area contributed by atoms with Gasteiger partial charge in [0.15, 0.2) is 0 Å². The number of aliphatic hydroxyl groups excluding tert-OH is 3.